The van der Waals surface area contributed by atoms with Gasteiger partial charge in [0.15, 0.2) is 5.72 Å². The van der Waals surface area contributed by atoms with E-state index in [9.17, 15) is 33.6 Å². The number of carbonyl (C=O) groups is 1. The molecule has 8 N–H and O–H groups in total. The number of halogens is 1. The molecule has 2 unspecified atom stereocenters. The van der Waals surface area contributed by atoms with Crippen molar-refractivity contribution < 1.29 is 33.6 Å². The first kappa shape index (κ1) is 29.4. The second kappa shape index (κ2) is 10.9. The van der Waals surface area contributed by atoms with E-state index in [-0.39, 0.29) is 32.5 Å². The molecular formula is C26H30ClN3O7S. The molecule has 0 bridgehead atoms. The summed E-state index contributed by atoms with van der Waals surface area (Å²) in [7, 11) is -4.06. The molecule has 4 rings (SSSR count). The number of β-amino-alcohol motifs (C(OH)–C–C–N with tert-alkyl or cyclic N) is 1. The predicted molar refractivity (Wildman–Crippen MR) is 142 cm³/mol. The Kier molecular flexibility index (Phi) is 8.42. The third-order valence-corrected chi connectivity index (χ3v) is 7.04. The van der Waals surface area contributed by atoms with E-state index in [0.29, 0.717) is 23.2 Å². The summed E-state index contributed by atoms with van der Waals surface area (Å²) < 4.78 is 23.1. The lowest BCUT2D eigenvalue weighted by molar-refractivity contribution is 0.0474. The first-order valence-corrected chi connectivity index (χ1v) is 13.4. The van der Waals surface area contributed by atoms with E-state index in [4.69, 9.17) is 16.7 Å². The zero-order chi connectivity index (χ0) is 28.5. The van der Waals surface area contributed by atoms with E-state index >= 15 is 0 Å². The summed E-state index contributed by atoms with van der Waals surface area (Å²) in [5.74, 6) is -0.556. The molecule has 2 atom stereocenters. The molecule has 12 heteroatoms. The van der Waals surface area contributed by atoms with Crippen LogP contribution >= 0.6 is 11.6 Å². The molecule has 0 aromatic heterocycles. The number of phenolic OH excluding ortho intramolecular Hbond substituents is 2. The number of rotatable bonds is 5. The van der Waals surface area contributed by atoms with E-state index in [1.165, 1.54) is 30.3 Å². The number of primary sulfonamides is 1. The first-order chi connectivity index (χ1) is 17.5. The molecule has 1 amide bonds. The standard InChI is InChI=1S/C14H11ClN2O4S.C12H19NO3/c15-11-6-5-8(7-12(11)22(16,20)21)14(19)10-4-2-1-3-9(10)13(18)17-14;1-12(2,3)13-7-11(16)8-4-9(14)6-10(15)5-8/h1-7,19H,(H,17,18)(H2,16,20,21);4-6,11,13-16H,7H2,1-3H3. The summed E-state index contributed by atoms with van der Waals surface area (Å²) in [5.41, 5.74) is -0.620. The average molecular weight is 564 g/mol. The minimum atomic E-state index is -4.06. The Bertz CT molecular complexity index is 1440. The lowest BCUT2D eigenvalue weighted by Gasteiger charge is -2.25. The van der Waals surface area contributed by atoms with Crippen LogP contribution in [0.4, 0.5) is 0 Å². The number of aromatic hydroxyl groups is 2. The Balaban J connectivity index is 0.000000223. The number of nitrogens with two attached hydrogens (primary N) is 1. The fourth-order valence-corrected chi connectivity index (χ4v) is 4.87. The van der Waals surface area contributed by atoms with Crippen molar-refractivity contribution in [1.29, 1.82) is 0 Å². The third kappa shape index (κ3) is 6.81. The minimum Gasteiger partial charge on any atom is -0.508 e. The van der Waals surface area contributed by atoms with Crippen LogP contribution in [0.3, 0.4) is 0 Å². The van der Waals surface area contributed by atoms with Gasteiger partial charge in [-0.1, -0.05) is 35.9 Å². The molecule has 1 heterocycles. The number of aliphatic hydroxyl groups is 2. The monoisotopic (exact) mass is 563 g/mol. The number of hydrogen-bond donors (Lipinski definition) is 7. The van der Waals surface area contributed by atoms with Gasteiger partial charge in [0, 0.05) is 34.8 Å². The van der Waals surface area contributed by atoms with Gasteiger partial charge in [-0.2, -0.15) is 0 Å². The molecule has 1 aliphatic rings. The van der Waals surface area contributed by atoms with Crippen LogP contribution in [-0.4, -0.2) is 46.8 Å². The molecule has 0 saturated heterocycles. The SMILES string of the molecule is CC(C)(C)NCC(O)c1cc(O)cc(O)c1.NS(=O)(=O)c1cc(C2(O)NC(=O)c3ccccc32)ccc1Cl. The van der Waals surface area contributed by atoms with Crippen molar-refractivity contribution in [3.05, 3.63) is 87.9 Å². The molecular weight excluding hydrogens is 534 g/mol. The molecule has 204 valence electrons. The number of fused-ring (bicyclic) bond motifs is 1. The van der Waals surface area contributed by atoms with Gasteiger partial charge in [-0.15, -0.1) is 0 Å². The van der Waals surface area contributed by atoms with E-state index in [1.54, 1.807) is 24.3 Å². The number of nitrogens with one attached hydrogen (secondary N) is 2. The molecule has 1 aliphatic heterocycles. The Hall–Kier alpha value is -3.19. The van der Waals surface area contributed by atoms with Crippen LogP contribution in [0.25, 0.3) is 0 Å². The van der Waals surface area contributed by atoms with Crippen molar-refractivity contribution in [2.75, 3.05) is 6.54 Å². The molecule has 3 aromatic rings. The van der Waals surface area contributed by atoms with E-state index in [1.807, 2.05) is 20.8 Å². The first-order valence-electron chi connectivity index (χ1n) is 11.4. The van der Waals surface area contributed by atoms with Crippen LogP contribution in [0.1, 0.15) is 53.9 Å². The number of amides is 1. The highest BCUT2D eigenvalue weighted by atomic mass is 35.5. The van der Waals surface area contributed by atoms with Crippen LogP contribution in [0.5, 0.6) is 11.5 Å². The van der Waals surface area contributed by atoms with Crippen LogP contribution < -0.4 is 15.8 Å². The largest absolute Gasteiger partial charge is 0.508 e. The smallest absolute Gasteiger partial charge is 0.254 e. The van der Waals surface area contributed by atoms with Crippen LogP contribution in [0.2, 0.25) is 5.02 Å². The van der Waals surface area contributed by atoms with Crippen molar-refractivity contribution in [2.24, 2.45) is 5.14 Å². The fourth-order valence-electron chi connectivity index (χ4n) is 3.80. The topological polar surface area (TPSA) is 182 Å². The van der Waals surface area contributed by atoms with Gasteiger partial charge in [0.05, 0.1) is 11.1 Å². The number of aliphatic hydroxyl groups excluding tert-OH is 1. The zero-order valence-electron chi connectivity index (χ0n) is 20.9. The fraction of sp³-hybridized carbons (Fsp3) is 0.269. The predicted octanol–water partition coefficient (Wildman–Crippen LogP) is 2.44. The van der Waals surface area contributed by atoms with Gasteiger partial charge in [0.1, 0.15) is 16.4 Å². The summed E-state index contributed by atoms with van der Waals surface area (Å²) in [6.07, 6.45) is -0.753. The van der Waals surface area contributed by atoms with Gasteiger partial charge in [0.2, 0.25) is 10.0 Å². The molecule has 38 heavy (non-hydrogen) atoms. The number of phenols is 2. The van der Waals surface area contributed by atoms with Crippen molar-refractivity contribution >= 4 is 27.5 Å². The highest BCUT2D eigenvalue weighted by Gasteiger charge is 2.43. The second-order valence-electron chi connectivity index (χ2n) is 9.83. The highest BCUT2D eigenvalue weighted by Crippen LogP contribution is 2.36. The highest BCUT2D eigenvalue weighted by molar-refractivity contribution is 7.89. The van der Waals surface area contributed by atoms with Gasteiger partial charge in [-0.3, -0.25) is 4.79 Å². The van der Waals surface area contributed by atoms with E-state index in [0.717, 1.165) is 6.07 Å². The van der Waals surface area contributed by atoms with Gasteiger partial charge < -0.3 is 31.1 Å². The maximum absolute atomic E-state index is 12.0. The summed E-state index contributed by atoms with van der Waals surface area (Å²) in [4.78, 5) is 11.6. The van der Waals surface area contributed by atoms with Gasteiger partial charge in [-0.05, 0) is 56.7 Å². The summed E-state index contributed by atoms with van der Waals surface area (Å²) in [6.45, 7) is 6.37. The number of hydrogen-bond acceptors (Lipinski definition) is 8. The Morgan fingerprint density at radius 1 is 1.05 bits per heavy atom. The molecule has 0 fully saturated rings. The van der Waals surface area contributed by atoms with Crippen LogP contribution in [0, 0.1) is 0 Å². The van der Waals surface area contributed by atoms with Crippen LogP contribution in [-0.2, 0) is 15.7 Å². The molecule has 0 saturated carbocycles. The van der Waals surface area contributed by atoms with Crippen molar-refractivity contribution in [3.63, 3.8) is 0 Å². The average Bonchev–Trinajstić information content (AvgIpc) is 3.07. The normalized spacial score (nSPS) is 17.7. The van der Waals surface area contributed by atoms with Gasteiger partial charge in [0.25, 0.3) is 5.91 Å². The Morgan fingerprint density at radius 2 is 1.66 bits per heavy atom. The minimum absolute atomic E-state index is 0.0511. The second-order valence-corrected chi connectivity index (χ2v) is 11.8. The molecule has 0 radical (unpaired) electrons. The molecule has 0 aliphatic carbocycles. The summed E-state index contributed by atoms with van der Waals surface area (Å²) >= 11 is 5.83. The Morgan fingerprint density at radius 3 is 2.24 bits per heavy atom. The quantitative estimate of drug-likeness (QED) is 0.247. The molecule has 3 aromatic carbocycles. The maximum Gasteiger partial charge on any atom is 0.254 e. The van der Waals surface area contributed by atoms with Gasteiger partial charge in [-0.25, -0.2) is 13.6 Å². The van der Waals surface area contributed by atoms with E-state index in [2.05, 4.69) is 10.6 Å². The van der Waals surface area contributed by atoms with Crippen molar-refractivity contribution in [3.8, 4) is 11.5 Å². The third-order valence-electron chi connectivity index (χ3n) is 5.65. The summed E-state index contributed by atoms with van der Waals surface area (Å²) in [6, 6.07) is 14.5. The summed E-state index contributed by atoms with van der Waals surface area (Å²) in [5, 5.41) is 49.9. The zero-order valence-corrected chi connectivity index (χ0v) is 22.5. The van der Waals surface area contributed by atoms with Crippen LogP contribution in [0.15, 0.2) is 65.6 Å². The van der Waals surface area contributed by atoms with E-state index < -0.39 is 27.8 Å². The lowest BCUT2D eigenvalue weighted by atomic mass is 9.94. The molecule has 0 spiro atoms. The number of benzene rings is 3. The van der Waals surface area contributed by atoms with Crippen molar-refractivity contribution in [1.82, 2.24) is 10.6 Å². The lowest BCUT2D eigenvalue weighted by Crippen LogP contribution is -2.40. The van der Waals surface area contributed by atoms with Gasteiger partial charge >= 0.3 is 0 Å². The molecule has 10 nitrogen and oxygen atoms in total. The maximum atomic E-state index is 12.0. The number of carbonyl (C=O) groups excluding carboxylic acids is 1. The van der Waals surface area contributed by atoms with Crippen molar-refractivity contribution in [2.45, 2.75) is 43.0 Å². The number of sulfonamides is 1. The Labute approximate surface area is 225 Å².